The third kappa shape index (κ3) is 2.15. The summed E-state index contributed by atoms with van der Waals surface area (Å²) in [5.74, 6) is 0.948. The summed E-state index contributed by atoms with van der Waals surface area (Å²) in [6.07, 6.45) is 6.57. The molecule has 1 spiro atoms. The zero-order valence-corrected chi connectivity index (χ0v) is 11.7. The first kappa shape index (κ1) is 12.4. The van der Waals surface area contributed by atoms with E-state index in [1.165, 1.54) is 32.1 Å². The van der Waals surface area contributed by atoms with Crippen LogP contribution in [0.4, 0.5) is 0 Å². The summed E-state index contributed by atoms with van der Waals surface area (Å²) in [6, 6.07) is 10.3. The Morgan fingerprint density at radius 1 is 1.10 bits per heavy atom. The Balaban J connectivity index is 1.50. The number of hydrogen-bond donors (Lipinski definition) is 1. The number of rotatable bonds is 1. The molecular formula is C17H21NO2. The SMILES string of the molecule is c1ccc2oc(C3CNC4(CCCCC4)CO3)cc2c1. The van der Waals surface area contributed by atoms with Crippen molar-refractivity contribution in [3.8, 4) is 0 Å². The van der Waals surface area contributed by atoms with Crippen molar-refractivity contribution in [2.75, 3.05) is 13.2 Å². The minimum absolute atomic E-state index is 0.0509. The minimum Gasteiger partial charge on any atom is -0.458 e. The highest BCUT2D eigenvalue weighted by molar-refractivity contribution is 5.77. The maximum Gasteiger partial charge on any atom is 0.135 e. The van der Waals surface area contributed by atoms with Gasteiger partial charge in [-0.15, -0.1) is 0 Å². The van der Waals surface area contributed by atoms with Crippen molar-refractivity contribution in [3.05, 3.63) is 36.1 Å². The number of fused-ring (bicyclic) bond motifs is 1. The number of hydrogen-bond acceptors (Lipinski definition) is 3. The van der Waals surface area contributed by atoms with Crippen LogP contribution in [0, 0.1) is 0 Å². The van der Waals surface area contributed by atoms with Crippen molar-refractivity contribution < 1.29 is 9.15 Å². The van der Waals surface area contributed by atoms with Gasteiger partial charge >= 0.3 is 0 Å². The van der Waals surface area contributed by atoms with Crippen LogP contribution in [0.15, 0.2) is 34.7 Å². The van der Waals surface area contributed by atoms with Crippen LogP contribution in [0.3, 0.4) is 0 Å². The van der Waals surface area contributed by atoms with Gasteiger partial charge in [-0.2, -0.15) is 0 Å². The molecule has 1 N–H and O–H groups in total. The molecule has 0 amide bonds. The van der Waals surface area contributed by atoms with Crippen molar-refractivity contribution in [3.63, 3.8) is 0 Å². The molecule has 1 atom stereocenters. The highest BCUT2D eigenvalue weighted by Crippen LogP contribution is 2.35. The summed E-state index contributed by atoms with van der Waals surface area (Å²) in [5, 5.41) is 4.90. The smallest absolute Gasteiger partial charge is 0.135 e. The molecule has 1 saturated heterocycles. The summed E-state index contributed by atoms with van der Waals surface area (Å²) in [6.45, 7) is 1.68. The van der Waals surface area contributed by atoms with Crippen LogP contribution in [0.2, 0.25) is 0 Å². The first-order chi connectivity index (χ1) is 9.85. The Hall–Kier alpha value is -1.32. The molecule has 0 bridgehead atoms. The monoisotopic (exact) mass is 271 g/mol. The summed E-state index contributed by atoms with van der Waals surface area (Å²) >= 11 is 0. The standard InChI is InChI=1S/C17H21NO2/c1-4-8-17(9-5-1)12-19-16(11-18-17)15-10-13-6-2-3-7-14(13)20-15/h2-3,6-7,10,16,18H,1,4-5,8-9,11-12H2. The van der Waals surface area contributed by atoms with Crippen LogP contribution < -0.4 is 5.32 Å². The summed E-state index contributed by atoms with van der Waals surface area (Å²) < 4.78 is 12.0. The summed E-state index contributed by atoms with van der Waals surface area (Å²) in [5.41, 5.74) is 1.19. The van der Waals surface area contributed by atoms with Crippen LogP contribution >= 0.6 is 0 Å². The molecule has 1 unspecified atom stereocenters. The molecule has 0 radical (unpaired) electrons. The van der Waals surface area contributed by atoms with E-state index < -0.39 is 0 Å². The summed E-state index contributed by atoms with van der Waals surface area (Å²) in [7, 11) is 0. The predicted molar refractivity (Wildman–Crippen MR) is 78.7 cm³/mol. The zero-order valence-electron chi connectivity index (χ0n) is 11.7. The lowest BCUT2D eigenvalue weighted by atomic mass is 9.81. The molecule has 1 aromatic heterocycles. The van der Waals surface area contributed by atoms with Crippen LogP contribution in [0.5, 0.6) is 0 Å². The van der Waals surface area contributed by atoms with Gasteiger partial charge in [0.15, 0.2) is 0 Å². The van der Waals surface area contributed by atoms with E-state index >= 15 is 0 Å². The van der Waals surface area contributed by atoms with Crippen LogP contribution in [0.25, 0.3) is 11.0 Å². The lowest BCUT2D eigenvalue weighted by molar-refractivity contribution is -0.0544. The molecule has 4 rings (SSSR count). The van der Waals surface area contributed by atoms with Gasteiger partial charge in [0.25, 0.3) is 0 Å². The van der Waals surface area contributed by atoms with E-state index in [0.717, 1.165) is 29.9 Å². The predicted octanol–water partition coefficient (Wildman–Crippen LogP) is 3.80. The molecule has 106 valence electrons. The average molecular weight is 271 g/mol. The van der Waals surface area contributed by atoms with Gasteiger partial charge in [0.05, 0.1) is 6.61 Å². The first-order valence-corrected chi connectivity index (χ1v) is 7.70. The molecule has 3 heteroatoms. The third-order valence-corrected chi connectivity index (χ3v) is 4.80. The quantitative estimate of drug-likeness (QED) is 0.856. The fourth-order valence-corrected chi connectivity index (χ4v) is 3.57. The average Bonchev–Trinajstić information content (AvgIpc) is 2.93. The van der Waals surface area contributed by atoms with Crippen molar-refractivity contribution in [2.24, 2.45) is 0 Å². The fourth-order valence-electron chi connectivity index (χ4n) is 3.57. The molecule has 1 aromatic carbocycles. The van der Waals surface area contributed by atoms with Crippen LogP contribution in [0.1, 0.15) is 44.0 Å². The highest BCUT2D eigenvalue weighted by atomic mass is 16.5. The second-order valence-corrected chi connectivity index (χ2v) is 6.21. The molecule has 2 fully saturated rings. The van der Waals surface area contributed by atoms with E-state index in [0.29, 0.717) is 0 Å². The molecule has 1 aliphatic carbocycles. The van der Waals surface area contributed by atoms with Crippen LogP contribution in [-0.2, 0) is 4.74 Å². The molecule has 1 saturated carbocycles. The Morgan fingerprint density at radius 3 is 2.70 bits per heavy atom. The topological polar surface area (TPSA) is 34.4 Å². The second-order valence-electron chi connectivity index (χ2n) is 6.21. The van der Waals surface area contributed by atoms with E-state index in [2.05, 4.69) is 17.4 Å². The van der Waals surface area contributed by atoms with Crippen molar-refractivity contribution in [1.29, 1.82) is 0 Å². The number of furan rings is 1. The molecule has 2 heterocycles. The Morgan fingerprint density at radius 2 is 1.95 bits per heavy atom. The summed E-state index contributed by atoms with van der Waals surface area (Å²) in [4.78, 5) is 0. The first-order valence-electron chi connectivity index (χ1n) is 7.70. The van der Waals surface area contributed by atoms with Gasteiger partial charge in [-0.1, -0.05) is 37.5 Å². The van der Waals surface area contributed by atoms with E-state index in [-0.39, 0.29) is 11.6 Å². The van der Waals surface area contributed by atoms with Crippen molar-refractivity contribution >= 4 is 11.0 Å². The molecule has 3 nitrogen and oxygen atoms in total. The van der Waals surface area contributed by atoms with Gasteiger partial charge in [0, 0.05) is 17.5 Å². The number of benzene rings is 1. The lowest BCUT2D eigenvalue weighted by Gasteiger charge is -2.43. The van der Waals surface area contributed by atoms with Gasteiger partial charge in [0.1, 0.15) is 17.4 Å². The molecule has 2 aromatic rings. The van der Waals surface area contributed by atoms with Crippen molar-refractivity contribution in [2.45, 2.75) is 43.7 Å². The highest BCUT2D eigenvalue weighted by Gasteiger charge is 2.37. The largest absolute Gasteiger partial charge is 0.458 e. The van der Waals surface area contributed by atoms with Gasteiger partial charge in [0.2, 0.25) is 0 Å². The van der Waals surface area contributed by atoms with E-state index in [1.807, 2.05) is 18.2 Å². The second kappa shape index (κ2) is 4.90. The number of morpholine rings is 1. The maximum atomic E-state index is 6.13. The fraction of sp³-hybridized carbons (Fsp3) is 0.529. The number of ether oxygens (including phenoxy) is 1. The van der Waals surface area contributed by atoms with E-state index in [9.17, 15) is 0 Å². The van der Waals surface area contributed by atoms with Crippen LogP contribution in [-0.4, -0.2) is 18.7 Å². The van der Waals surface area contributed by atoms with Gasteiger partial charge in [-0.25, -0.2) is 0 Å². The third-order valence-electron chi connectivity index (χ3n) is 4.80. The zero-order chi connectivity index (χ0) is 13.4. The maximum absolute atomic E-state index is 6.13. The Bertz CT molecular complexity index is 555. The lowest BCUT2D eigenvalue weighted by Crippen LogP contribution is -2.55. The van der Waals surface area contributed by atoms with Crippen molar-refractivity contribution in [1.82, 2.24) is 5.32 Å². The van der Waals surface area contributed by atoms with Gasteiger partial charge in [-0.05, 0) is 25.0 Å². The molecular weight excluding hydrogens is 250 g/mol. The Kier molecular flexibility index (Phi) is 3.04. The number of nitrogens with one attached hydrogen (secondary N) is 1. The van der Waals surface area contributed by atoms with Gasteiger partial charge < -0.3 is 14.5 Å². The number of para-hydroxylation sites is 1. The normalized spacial score (nSPS) is 26.1. The molecule has 2 aliphatic rings. The molecule has 1 aliphatic heterocycles. The van der Waals surface area contributed by atoms with Gasteiger partial charge in [-0.3, -0.25) is 0 Å². The van der Waals surface area contributed by atoms with E-state index in [1.54, 1.807) is 0 Å². The molecule has 20 heavy (non-hydrogen) atoms. The minimum atomic E-state index is 0.0509. The Labute approximate surface area is 119 Å². The van der Waals surface area contributed by atoms with E-state index in [4.69, 9.17) is 9.15 Å².